The smallest absolute Gasteiger partial charge is 0.175 e. The summed E-state index contributed by atoms with van der Waals surface area (Å²) < 4.78 is 1.89. The average molecular weight is 454 g/mol. The summed E-state index contributed by atoms with van der Waals surface area (Å²) in [7, 11) is 0. The number of thiocarbonyl (C=S) groups is 1. The van der Waals surface area contributed by atoms with E-state index in [1.54, 1.807) is 6.07 Å². The molecule has 0 bridgehead atoms. The van der Waals surface area contributed by atoms with Crippen molar-refractivity contribution < 1.29 is 0 Å². The van der Waals surface area contributed by atoms with E-state index in [1.807, 2.05) is 55.8 Å². The Balaban J connectivity index is 1.78. The molecule has 0 aliphatic rings. The molecule has 8 heteroatoms. The molecule has 0 spiro atoms. The van der Waals surface area contributed by atoms with E-state index in [2.05, 4.69) is 15.7 Å². The molecule has 0 atom stereocenters. The molecule has 0 radical (unpaired) electrons. The van der Waals surface area contributed by atoms with Crippen LogP contribution in [0.25, 0.3) is 0 Å². The van der Waals surface area contributed by atoms with Gasteiger partial charge >= 0.3 is 0 Å². The fraction of sp³-hybridized carbons (Fsp3) is 0.200. The second-order valence-corrected chi connectivity index (χ2v) is 8.09. The van der Waals surface area contributed by atoms with E-state index >= 15 is 0 Å². The molecule has 146 valence electrons. The third-order valence-electron chi connectivity index (χ3n) is 4.47. The Bertz CT molecular complexity index is 1050. The van der Waals surface area contributed by atoms with Gasteiger partial charge in [0.15, 0.2) is 5.11 Å². The maximum atomic E-state index is 6.30. The van der Waals surface area contributed by atoms with Crippen molar-refractivity contribution in [3.8, 4) is 0 Å². The first-order valence-electron chi connectivity index (χ1n) is 8.57. The summed E-state index contributed by atoms with van der Waals surface area (Å²) in [4.78, 5) is 0. The van der Waals surface area contributed by atoms with Crippen LogP contribution in [-0.4, -0.2) is 14.9 Å². The monoisotopic (exact) mass is 452 g/mol. The predicted octanol–water partition coefficient (Wildman–Crippen LogP) is 6.63. The van der Waals surface area contributed by atoms with Crippen LogP contribution in [0.2, 0.25) is 15.1 Å². The van der Waals surface area contributed by atoms with Gasteiger partial charge in [0.1, 0.15) is 0 Å². The SMILES string of the molecule is Cc1nn(Cc2ccc(Cl)cc2Cl)c(C)c1NC(=S)Nc1cccc(Cl)c1C. The van der Waals surface area contributed by atoms with Gasteiger partial charge in [-0.2, -0.15) is 5.10 Å². The summed E-state index contributed by atoms with van der Waals surface area (Å²) >= 11 is 23.9. The Morgan fingerprint density at radius 2 is 1.79 bits per heavy atom. The normalized spacial score (nSPS) is 10.8. The van der Waals surface area contributed by atoms with E-state index in [4.69, 9.17) is 47.0 Å². The molecule has 1 heterocycles. The lowest BCUT2D eigenvalue weighted by Crippen LogP contribution is -2.20. The first-order valence-corrected chi connectivity index (χ1v) is 10.1. The molecule has 2 aromatic carbocycles. The van der Waals surface area contributed by atoms with E-state index in [0.29, 0.717) is 26.7 Å². The van der Waals surface area contributed by atoms with Gasteiger partial charge in [-0.3, -0.25) is 4.68 Å². The van der Waals surface area contributed by atoms with Crippen molar-refractivity contribution >= 4 is 63.5 Å². The summed E-state index contributed by atoms with van der Waals surface area (Å²) in [5, 5.41) is 13.4. The standard InChI is InChI=1S/C20H19Cl3N4S/c1-11-16(22)5-4-6-18(11)24-20(28)25-19-12(2)26-27(13(19)3)10-14-7-8-15(21)9-17(14)23/h4-9H,10H2,1-3H3,(H2,24,25,28). The molecule has 1 aromatic heterocycles. The molecule has 0 saturated carbocycles. The highest BCUT2D eigenvalue weighted by molar-refractivity contribution is 7.80. The number of benzene rings is 2. The summed E-state index contributed by atoms with van der Waals surface area (Å²) in [6.07, 6.45) is 0. The second kappa shape index (κ2) is 8.70. The lowest BCUT2D eigenvalue weighted by atomic mass is 10.2. The highest BCUT2D eigenvalue weighted by atomic mass is 35.5. The fourth-order valence-corrected chi connectivity index (χ4v) is 3.71. The van der Waals surface area contributed by atoms with Gasteiger partial charge in [-0.1, -0.05) is 46.9 Å². The van der Waals surface area contributed by atoms with Crippen molar-refractivity contribution in [2.45, 2.75) is 27.3 Å². The Morgan fingerprint density at radius 3 is 2.50 bits per heavy atom. The van der Waals surface area contributed by atoms with Crippen LogP contribution in [0.3, 0.4) is 0 Å². The fourth-order valence-electron chi connectivity index (χ4n) is 2.85. The Hall–Kier alpha value is -1.79. The van der Waals surface area contributed by atoms with E-state index in [1.165, 1.54) is 0 Å². The second-order valence-electron chi connectivity index (χ2n) is 6.43. The van der Waals surface area contributed by atoms with Crippen LogP contribution < -0.4 is 10.6 Å². The van der Waals surface area contributed by atoms with Gasteiger partial charge < -0.3 is 10.6 Å². The Morgan fingerprint density at radius 1 is 1.04 bits per heavy atom. The molecule has 0 aliphatic carbocycles. The first-order chi connectivity index (χ1) is 13.3. The van der Waals surface area contributed by atoms with Gasteiger partial charge in [0, 0.05) is 20.8 Å². The number of hydrogen-bond acceptors (Lipinski definition) is 2. The number of nitrogens with one attached hydrogen (secondary N) is 2. The third-order valence-corrected chi connectivity index (χ3v) is 5.67. The molecule has 0 aliphatic heterocycles. The van der Waals surface area contributed by atoms with Gasteiger partial charge in [0.2, 0.25) is 0 Å². The van der Waals surface area contributed by atoms with Crippen LogP contribution in [0.4, 0.5) is 11.4 Å². The highest BCUT2D eigenvalue weighted by Crippen LogP contribution is 2.26. The van der Waals surface area contributed by atoms with Crippen LogP contribution in [0, 0.1) is 20.8 Å². The minimum atomic E-state index is 0.473. The minimum Gasteiger partial charge on any atom is -0.332 e. The zero-order valence-electron chi connectivity index (χ0n) is 15.6. The van der Waals surface area contributed by atoms with Crippen LogP contribution in [-0.2, 0) is 6.54 Å². The highest BCUT2D eigenvalue weighted by Gasteiger charge is 2.15. The molecule has 3 rings (SSSR count). The lowest BCUT2D eigenvalue weighted by molar-refractivity contribution is 0.659. The molecule has 0 saturated heterocycles. The van der Waals surface area contributed by atoms with Gasteiger partial charge in [0.05, 0.1) is 23.6 Å². The first kappa shape index (κ1) is 20.9. The molecule has 28 heavy (non-hydrogen) atoms. The number of aryl methyl sites for hydroxylation is 1. The largest absolute Gasteiger partial charge is 0.332 e. The maximum absolute atomic E-state index is 6.30. The number of rotatable bonds is 4. The number of halogens is 3. The zero-order valence-corrected chi connectivity index (χ0v) is 18.7. The zero-order chi connectivity index (χ0) is 20.4. The number of anilines is 2. The van der Waals surface area contributed by atoms with Crippen LogP contribution in [0.15, 0.2) is 36.4 Å². The summed E-state index contributed by atoms with van der Waals surface area (Å²) in [5.41, 5.74) is 5.40. The molecule has 0 fully saturated rings. The van der Waals surface area contributed by atoms with Crippen molar-refractivity contribution in [2.75, 3.05) is 10.6 Å². The van der Waals surface area contributed by atoms with Gasteiger partial charge in [-0.25, -0.2) is 0 Å². The molecular formula is C20H19Cl3N4S. The summed E-state index contributed by atoms with van der Waals surface area (Å²) in [5.74, 6) is 0. The number of aromatic nitrogens is 2. The van der Waals surface area contributed by atoms with Gasteiger partial charge in [-0.05, 0) is 68.4 Å². The quantitative estimate of drug-likeness (QED) is 0.435. The van der Waals surface area contributed by atoms with E-state index in [-0.39, 0.29) is 0 Å². The number of nitrogens with zero attached hydrogens (tertiary/aromatic N) is 2. The van der Waals surface area contributed by atoms with Crippen LogP contribution in [0.5, 0.6) is 0 Å². The van der Waals surface area contributed by atoms with Crippen molar-refractivity contribution in [3.05, 3.63) is 74.0 Å². The van der Waals surface area contributed by atoms with E-state index < -0.39 is 0 Å². The Kier molecular flexibility index (Phi) is 6.50. The van der Waals surface area contributed by atoms with Gasteiger partial charge in [0.25, 0.3) is 0 Å². The van der Waals surface area contributed by atoms with Crippen LogP contribution in [0.1, 0.15) is 22.5 Å². The maximum Gasteiger partial charge on any atom is 0.175 e. The summed E-state index contributed by atoms with van der Waals surface area (Å²) in [6.45, 7) is 6.40. The van der Waals surface area contributed by atoms with Crippen molar-refractivity contribution in [3.63, 3.8) is 0 Å². The molecule has 4 nitrogen and oxygen atoms in total. The predicted molar refractivity (Wildman–Crippen MR) is 123 cm³/mol. The minimum absolute atomic E-state index is 0.473. The molecule has 0 unspecified atom stereocenters. The van der Waals surface area contributed by atoms with Crippen molar-refractivity contribution in [2.24, 2.45) is 0 Å². The molecule has 2 N–H and O–H groups in total. The Labute approximate surface area is 184 Å². The molecule has 3 aromatic rings. The lowest BCUT2D eigenvalue weighted by Gasteiger charge is -2.14. The average Bonchev–Trinajstić information content (AvgIpc) is 2.89. The van der Waals surface area contributed by atoms with E-state index in [9.17, 15) is 0 Å². The topological polar surface area (TPSA) is 41.9 Å². The summed E-state index contributed by atoms with van der Waals surface area (Å²) in [6, 6.07) is 11.1. The van der Waals surface area contributed by atoms with E-state index in [0.717, 1.165) is 33.9 Å². The van der Waals surface area contributed by atoms with Crippen molar-refractivity contribution in [1.82, 2.24) is 9.78 Å². The molecular weight excluding hydrogens is 435 g/mol. The third kappa shape index (κ3) is 4.61. The molecule has 0 amide bonds. The van der Waals surface area contributed by atoms with Crippen LogP contribution >= 0.6 is 47.0 Å². The van der Waals surface area contributed by atoms with Crippen molar-refractivity contribution in [1.29, 1.82) is 0 Å². The van der Waals surface area contributed by atoms with Gasteiger partial charge in [-0.15, -0.1) is 0 Å². The number of hydrogen-bond donors (Lipinski definition) is 2.